The third kappa shape index (κ3) is 4.37. The van der Waals surface area contributed by atoms with E-state index < -0.39 is 0 Å². The van der Waals surface area contributed by atoms with E-state index in [0.717, 1.165) is 38.9 Å². The third-order valence-electron chi connectivity index (χ3n) is 2.97. The summed E-state index contributed by atoms with van der Waals surface area (Å²) < 4.78 is 22.1. The molecular weight excluding hydrogens is 208 g/mol. The molecule has 0 saturated carbocycles. The number of hydrogen-bond acceptors (Lipinski definition) is 4. The second kappa shape index (κ2) is 7.22. The van der Waals surface area contributed by atoms with Crippen LogP contribution in [0, 0.1) is 0 Å². The van der Waals surface area contributed by atoms with Crippen LogP contribution in [0.1, 0.15) is 38.5 Å². The van der Waals surface area contributed by atoms with E-state index in [1.807, 2.05) is 0 Å². The van der Waals surface area contributed by atoms with Crippen LogP contribution in [0.15, 0.2) is 0 Å². The van der Waals surface area contributed by atoms with Gasteiger partial charge in [-0.3, -0.25) is 0 Å². The smallest absolute Gasteiger partial charge is 0.157 e. The van der Waals surface area contributed by atoms with E-state index in [2.05, 4.69) is 0 Å². The fraction of sp³-hybridized carbons (Fsp3) is 1.00. The Morgan fingerprint density at radius 3 is 1.62 bits per heavy atom. The largest absolute Gasteiger partial charge is 0.353 e. The van der Waals surface area contributed by atoms with Gasteiger partial charge in [-0.2, -0.15) is 0 Å². The molecule has 2 aliphatic rings. The molecule has 2 rings (SSSR count). The number of ether oxygens (including phenoxy) is 4. The summed E-state index contributed by atoms with van der Waals surface area (Å²) in [4.78, 5) is 0. The van der Waals surface area contributed by atoms with Crippen molar-refractivity contribution in [1.82, 2.24) is 0 Å². The predicted octanol–water partition coefficient (Wildman–Crippen LogP) is 2.07. The van der Waals surface area contributed by atoms with Gasteiger partial charge in [-0.05, 0) is 38.5 Å². The fourth-order valence-corrected chi connectivity index (χ4v) is 2.04. The molecule has 2 heterocycles. The predicted molar refractivity (Wildman–Crippen MR) is 59.1 cm³/mol. The van der Waals surface area contributed by atoms with Crippen molar-refractivity contribution in [2.45, 2.75) is 51.1 Å². The van der Waals surface area contributed by atoms with Crippen molar-refractivity contribution >= 4 is 0 Å². The highest BCUT2D eigenvalue weighted by atomic mass is 16.7. The van der Waals surface area contributed by atoms with Crippen molar-refractivity contribution in [3.8, 4) is 0 Å². The normalized spacial score (nSPS) is 31.5. The lowest BCUT2D eigenvalue weighted by Crippen LogP contribution is -2.27. The van der Waals surface area contributed by atoms with Gasteiger partial charge in [0, 0.05) is 13.2 Å². The maximum atomic E-state index is 5.57. The molecule has 94 valence electrons. The Morgan fingerprint density at radius 1 is 0.750 bits per heavy atom. The first-order valence-electron chi connectivity index (χ1n) is 6.41. The summed E-state index contributed by atoms with van der Waals surface area (Å²) in [5, 5.41) is 0. The minimum atomic E-state index is -0.00961. The van der Waals surface area contributed by atoms with Crippen LogP contribution in [0.2, 0.25) is 0 Å². The molecule has 16 heavy (non-hydrogen) atoms. The summed E-state index contributed by atoms with van der Waals surface area (Å²) in [6.45, 7) is 2.86. The molecule has 2 saturated heterocycles. The summed E-state index contributed by atoms with van der Waals surface area (Å²) in [5.74, 6) is 0. The van der Waals surface area contributed by atoms with Gasteiger partial charge in [0.25, 0.3) is 0 Å². The summed E-state index contributed by atoms with van der Waals surface area (Å²) in [6.07, 6.45) is 6.74. The highest BCUT2D eigenvalue weighted by molar-refractivity contribution is 4.55. The van der Waals surface area contributed by atoms with Crippen LogP contribution in [-0.4, -0.2) is 39.0 Å². The number of rotatable bonds is 5. The molecule has 2 aliphatic heterocycles. The van der Waals surface area contributed by atoms with Crippen molar-refractivity contribution in [3.63, 3.8) is 0 Å². The quantitative estimate of drug-likeness (QED) is 0.678. The molecule has 4 heteroatoms. The van der Waals surface area contributed by atoms with Crippen LogP contribution in [0.3, 0.4) is 0 Å². The molecule has 4 nitrogen and oxygen atoms in total. The first-order valence-corrected chi connectivity index (χ1v) is 6.41. The first kappa shape index (κ1) is 12.3. The summed E-state index contributed by atoms with van der Waals surface area (Å²) in [7, 11) is 0. The topological polar surface area (TPSA) is 36.9 Å². The molecular formula is C12H22O4. The molecule has 2 atom stereocenters. The molecule has 0 unspecified atom stereocenters. The summed E-state index contributed by atoms with van der Waals surface area (Å²) >= 11 is 0. The Morgan fingerprint density at radius 2 is 1.25 bits per heavy atom. The standard InChI is InChI=1S/C12H22O4/c1-3-7-13-11(5-1)15-9-10-16-12-6-2-4-8-14-12/h11-12H,1-10H2/t11-,12+. The zero-order valence-electron chi connectivity index (χ0n) is 9.86. The van der Waals surface area contributed by atoms with Crippen molar-refractivity contribution in [2.24, 2.45) is 0 Å². The Kier molecular flexibility index (Phi) is 5.55. The average Bonchev–Trinajstić information content (AvgIpc) is 2.37. The minimum Gasteiger partial charge on any atom is -0.353 e. The lowest BCUT2D eigenvalue weighted by atomic mass is 10.2. The summed E-state index contributed by atoms with van der Waals surface area (Å²) in [5.41, 5.74) is 0. The van der Waals surface area contributed by atoms with E-state index in [9.17, 15) is 0 Å². The Balaban J connectivity index is 1.47. The van der Waals surface area contributed by atoms with Crippen molar-refractivity contribution in [3.05, 3.63) is 0 Å². The van der Waals surface area contributed by atoms with Crippen LogP contribution in [0.5, 0.6) is 0 Å². The van der Waals surface area contributed by atoms with Gasteiger partial charge < -0.3 is 18.9 Å². The van der Waals surface area contributed by atoms with E-state index >= 15 is 0 Å². The Bertz CT molecular complexity index is 154. The molecule has 2 fully saturated rings. The molecule has 0 N–H and O–H groups in total. The molecule has 0 aliphatic carbocycles. The zero-order chi connectivity index (χ0) is 11.1. The van der Waals surface area contributed by atoms with Crippen LogP contribution >= 0.6 is 0 Å². The highest BCUT2D eigenvalue weighted by Crippen LogP contribution is 2.15. The zero-order valence-corrected chi connectivity index (χ0v) is 9.86. The summed E-state index contributed by atoms with van der Waals surface area (Å²) in [6, 6.07) is 0. The molecule has 0 radical (unpaired) electrons. The van der Waals surface area contributed by atoms with Gasteiger partial charge in [0.2, 0.25) is 0 Å². The van der Waals surface area contributed by atoms with Crippen LogP contribution in [0.4, 0.5) is 0 Å². The lowest BCUT2D eigenvalue weighted by Gasteiger charge is -2.25. The molecule has 0 aromatic heterocycles. The van der Waals surface area contributed by atoms with Gasteiger partial charge in [0.1, 0.15) is 0 Å². The van der Waals surface area contributed by atoms with E-state index in [1.165, 1.54) is 12.8 Å². The van der Waals surface area contributed by atoms with E-state index in [1.54, 1.807) is 0 Å². The van der Waals surface area contributed by atoms with Crippen LogP contribution in [0.25, 0.3) is 0 Å². The average molecular weight is 230 g/mol. The maximum absolute atomic E-state index is 5.57. The SMILES string of the molecule is C1CC[C@@H](OCCO[C@H]2CCCCO2)OC1. The Hall–Kier alpha value is -0.160. The van der Waals surface area contributed by atoms with Gasteiger partial charge in [-0.1, -0.05) is 0 Å². The van der Waals surface area contributed by atoms with E-state index in [4.69, 9.17) is 18.9 Å². The van der Waals surface area contributed by atoms with Gasteiger partial charge >= 0.3 is 0 Å². The van der Waals surface area contributed by atoms with Crippen molar-refractivity contribution < 1.29 is 18.9 Å². The molecule has 0 aromatic rings. The lowest BCUT2D eigenvalue weighted by molar-refractivity contribution is -0.198. The molecule has 0 amide bonds. The second-order valence-corrected chi connectivity index (χ2v) is 4.33. The van der Waals surface area contributed by atoms with E-state index in [-0.39, 0.29) is 12.6 Å². The van der Waals surface area contributed by atoms with Gasteiger partial charge in [-0.15, -0.1) is 0 Å². The molecule has 0 bridgehead atoms. The monoisotopic (exact) mass is 230 g/mol. The Labute approximate surface area is 97.2 Å². The molecule has 0 aromatic carbocycles. The van der Waals surface area contributed by atoms with Crippen molar-refractivity contribution in [2.75, 3.05) is 26.4 Å². The molecule has 0 spiro atoms. The number of hydrogen-bond donors (Lipinski definition) is 0. The van der Waals surface area contributed by atoms with E-state index in [0.29, 0.717) is 13.2 Å². The second-order valence-electron chi connectivity index (χ2n) is 4.33. The van der Waals surface area contributed by atoms with Crippen LogP contribution < -0.4 is 0 Å². The van der Waals surface area contributed by atoms with Crippen molar-refractivity contribution in [1.29, 1.82) is 0 Å². The fourth-order valence-electron chi connectivity index (χ4n) is 2.04. The minimum absolute atomic E-state index is 0.00961. The van der Waals surface area contributed by atoms with Gasteiger partial charge in [-0.25, -0.2) is 0 Å². The van der Waals surface area contributed by atoms with Crippen LogP contribution in [-0.2, 0) is 18.9 Å². The third-order valence-corrected chi connectivity index (χ3v) is 2.97. The first-order chi connectivity index (χ1) is 7.95. The van der Waals surface area contributed by atoms with Gasteiger partial charge in [0.05, 0.1) is 13.2 Å². The maximum Gasteiger partial charge on any atom is 0.157 e. The highest BCUT2D eigenvalue weighted by Gasteiger charge is 2.16. The van der Waals surface area contributed by atoms with Gasteiger partial charge in [0.15, 0.2) is 12.6 Å².